The summed E-state index contributed by atoms with van der Waals surface area (Å²) in [6.07, 6.45) is 1.95. The van der Waals surface area contributed by atoms with Crippen LogP contribution < -0.4 is 20.1 Å². The van der Waals surface area contributed by atoms with Gasteiger partial charge < -0.3 is 39.2 Å². The summed E-state index contributed by atoms with van der Waals surface area (Å²) in [5.41, 5.74) is 0. The average Bonchev–Trinajstić information content (AvgIpc) is 3.46. The number of hydrogen-bond acceptors (Lipinski definition) is 8. The van der Waals surface area contributed by atoms with E-state index in [1.165, 1.54) is 0 Å². The van der Waals surface area contributed by atoms with Gasteiger partial charge in [0.2, 0.25) is 0 Å². The maximum atomic E-state index is 9.99. The molecule has 30 heavy (non-hydrogen) atoms. The van der Waals surface area contributed by atoms with Crippen LogP contribution in [-0.2, 0) is 13.1 Å². The van der Waals surface area contributed by atoms with Crippen LogP contribution in [0.4, 0.5) is 0 Å². The fourth-order valence-corrected chi connectivity index (χ4v) is 2.69. The summed E-state index contributed by atoms with van der Waals surface area (Å²) >= 11 is 0. The summed E-state index contributed by atoms with van der Waals surface area (Å²) < 4.78 is 21.6. The van der Waals surface area contributed by atoms with Crippen molar-refractivity contribution in [2.75, 3.05) is 26.3 Å². The molecule has 0 radical (unpaired) electrons. The summed E-state index contributed by atoms with van der Waals surface area (Å²) in [4.78, 5) is 0. The highest BCUT2D eigenvalue weighted by Gasteiger charge is 2.08. The zero-order chi connectivity index (χ0) is 21.0. The molecular weight excluding hydrogens is 388 g/mol. The van der Waals surface area contributed by atoms with Crippen LogP contribution >= 0.6 is 0 Å². The van der Waals surface area contributed by atoms with Crippen LogP contribution in [0.1, 0.15) is 11.5 Å². The van der Waals surface area contributed by atoms with Gasteiger partial charge in [-0.3, -0.25) is 0 Å². The summed E-state index contributed by atoms with van der Waals surface area (Å²) in [5, 5.41) is 26.2. The van der Waals surface area contributed by atoms with E-state index in [0.717, 1.165) is 11.5 Å². The zero-order valence-corrected chi connectivity index (χ0v) is 16.7. The molecular formula is C22H28N2O6. The Morgan fingerprint density at radius 1 is 0.700 bits per heavy atom. The van der Waals surface area contributed by atoms with Crippen LogP contribution in [0.5, 0.6) is 11.5 Å². The summed E-state index contributed by atoms with van der Waals surface area (Å²) in [6.45, 7) is 2.25. The van der Waals surface area contributed by atoms with Crippen LogP contribution in [0.15, 0.2) is 69.9 Å². The molecule has 0 saturated carbocycles. The van der Waals surface area contributed by atoms with Gasteiger partial charge in [0.05, 0.1) is 25.6 Å². The molecule has 0 saturated heterocycles. The lowest BCUT2D eigenvalue weighted by molar-refractivity contribution is 0.104. The molecule has 8 nitrogen and oxygen atoms in total. The Hall–Kier alpha value is -2.78. The topological polar surface area (TPSA) is 109 Å². The number of furan rings is 2. The first kappa shape index (κ1) is 21.9. The second kappa shape index (κ2) is 12.0. The molecule has 3 aromatic rings. The monoisotopic (exact) mass is 416 g/mol. The molecule has 0 amide bonds. The van der Waals surface area contributed by atoms with E-state index in [1.807, 2.05) is 24.3 Å². The molecule has 0 fully saturated rings. The predicted octanol–water partition coefficient (Wildman–Crippen LogP) is 1.93. The minimum Gasteiger partial charge on any atom is -0.491 e. The second-order valence-corrected chi connectivity index (χ2v) is 6.82. The number of rotatable bonds is 14. The second-order valence-electron chi connectivity index (χ2n) is 6.82. The number of hydrogen-bond donors (Lipinski definition) is 4. The van der Waals surface area contributed by atoms with E-state index in [2.05, 4.69) is 10.6 Å². The van der Waals surface area contributed by atoms with Gasteiger partial charge in [-0.05, 0) is 48.5 Å². The summed E-state index contributed by atoms with van der Waals surface area (Å²) in [5.74, 6) is 2.90. The maximum Gasteiger partial charge on any atom is 0.119 e. The van der Waals surface area contributed by atoms with Gasteiger partial charge in [0.25, 0.3) is 0 Å². The Morgan fingerprint density at radius 2 is 1.13 bits per heavy atom. The normalized spacial score (nSPS) is 13.1. The smallest absolute Gasteiger partial charge is 0.119 e. The van der Waals surface area contributed by atoms with Crippen molar-refractivity contribution in [2.24, 2.45) is 0 Å². The lowest BCUT2D eigenvalue weighted by atomic mass is 10.3. The Kier molecular flexibility index (Phi) is 8.80. The number of ether oxygens (including phenoxy) is 2. The minimum absolute atomic E-state index is 0.172. The molecule has 0 bridgehead atoms. The van der Waals surface area contributed by atoms with Crippen LogP contribution in [0.25, 0.3) is 0 Å². The third-order valence-electron chi connectivity index (χ3n) is 4.23. The number of aliphatic hydroxyl groups excluding tert-OH is 2. The third kappa shape index (κ3) is 7.92. The van der Waals surface area contributed by atoms with Crippen molar-refractivity contribution < 1.29 is 28.5 Å². The van der Waals surface area contributed by atoms with Gasteiger partial charge in [-0.2, -0.15) is 0 Å². The zero-order valence-electron chi connectivity index (χ0n) is 16.7. The molecule has 1 aromatic carbocycles. The van der Waals surface area contributed by atoms with Crippen molar-refractivity contribution in [1.82, 2.24) is 10.6 Å². The molecule has 0 spiro atoms. The Labute approximate surface area is 175 Å². The molecule has 2 atom stereocenters. The third-order valence-corrected chi connectivity index (χ3v) is 4.23. The van der Waals surface area contributed by atoms with E-state index in [-0.39, 0.29) is 13.2 Å². The van der Waals surface area contributed by atoms with Gasteiger partial charge in [0.1, 0.15) is 48.4 Å². The number of nitrogens with one attached hydrogen (secondary N) is 2. The lowest BCUT2D eigenvalue weighted by Gasteiger charge is -2.14. The number of benzene rings is 1. The Balaban J connectivity index is 1.27. The first-order chi connectivity index (χ1) is 14.7. The Morgan fingerprint density at radius 3 is 1.50 bits per heavy atom. The van der Waals surface area contributed by atoms with Crippen LogP contribution in [0, 0.1) is 0 Å². The maximum absolute atomic E-state index is 9.99. The summed E-state index contributed by atoms with van der Waals surface area (Å²) in [7, 11) is 0. The highest BCUT2D eigenvalue weighted by atomic mass is 16.5. The predicted molar refractivity (Wildman–Crippen MR) is 110 cm³/mol. The molecule has 0 unspecified atom stereocenters. The van der Waals surface area contributed by atoms with E-state index in [0.29, 0.717) is 37.7 Å². The van der Waals surface area contributed by atoms with Crippen LogP contribution in [0.2, 0.25) is 0 Å². The first-order valence-corrected chi connectivity index (χ1v) is 9.87. The van der Waals surface area contributed by atoms with Gasteiger partial charge in [0.15, 0.2) is 0 Å². The van der Waals surface area contributed by atoms with Crippen molar-refractivity contribution in [2.45, 2.75) is 25.3 Å². The van der Waals surface area contributed by atoms with Crippen LogP contribution in [0.3, 0.4) is 0 Å². The average molecular weight is 416 g/mol. The SMILES string of the molecule is O[C@@H](CNCc1ccco1)COc1ccc(OC[C@@H](O)CNCc2ccco2)cc1. The molecule has 2 heterocycles. The van der Waals surface area contributed by atoms with Gasteiger partial charge in [-0.15, -0.1) is 0 Å². The highest BCUT2D eigenvalue weighted by molar-refractivity contribution is 5.31. The van der Waals surface area contributed by atoms with Gasteiger partial charge >= 0.3 is 0 Å². The molecule has 0 aliphatic heterocycles. The fraction of sp³-hybridized carbons (Fsp3) is 0.364. The molecule has 162 valence electrons. The van der Waals surface area contributed by atoms with Crippen LogP contribution in [-0.4, -0.2) is 48.7 Å². The van der Waals surface area contributed by atoms with E-state index in [4.69, 9.17) is 18.3 Å². The molecule has 4 N–H and O–H groups in total. The molecule has 3 rings (SSSR count). The van der Waals surface area contributed by atoms with Crippen molar-refractivity contribution >= 4 is 0 Å². The lowest BCUT2D eigenvalue weighted by Crippen LogP contribution is -2.31. The van der Waals surface area contributed by atoms with E-state index in [9.17, 15) is 10.2 Å². The van der Waals surface area contributed by atoms with Crippen molar-refractivity contribution in [3.8, 4) is 11.5 Å². The molecule has 0 aliphatic rings. The summed E-state index contributed by atoms with van der Waals surface area (Å²) in [6, 6.07) is 14.4. The molecule has 8 heteroatoms. The first-order valence-electron chi connectivity index (χ1n) is 9.87. The quantitative estimate of drug-likeness (QED) is 0.316. The van der Waals surface area contributed by atoms with Crippen molar-refractivity contribution in [3.63, 3.8) is 0 Å². The van der Waals surface area contributed by atoms with E-state index in [1.54, 1.807) is 36.8 Å². The van der Waals surface area contributed by atoms with Gasteiger partial charge in [-0.25, -0.2) is 0 Å². The Bertz CT molecular complexity index is 736. The molecule has 2 aromatic heterocycles. The highest BCUT2D eigenvalue weighted by Crippen LogP contribution is 2.18. The van der Waals surface area contributed by atoms with Crippen molar-refractivity contribution in [3.05, 3.63) is 72.6 Å². The van der Waals surface area contributed by atoms with Crippen molar-refractivity contribution in [1.29, 1.82) is 0 Å². The largest absolute Gasteiger partial charge is 0.491 e. The fourth-order valence-electron chi connectivity index (χ4n) is 2.69. The van der Waals surface area contributed by atoms with Gasteiger partial charge in [0, 0.05) is 13.1 Å². The van der Waals surface area contributed by atoms with E-state index < -0.39 is 12.2 Å². The number of aliphatic hydroxyl groups is 2. The van der Waals surface area contributed by atoms with Gasteiger partial charge in [-0.1, -0.05) is 0 Å². The van der Waals surface area contributed by atoms with E-state index >= 15 is 0 Å². The standard InChI is InChI=1S/C22H28N2O6/c25-17(11-23-13-21-3-1-9-27-21)15-29-19-5-7-20(8-6-19)30-16-18(26)12-24-14-22-4-2-10-28-22/h1-10,17-18,23-26H,11-16H2/t17-,18-/m0/s1. The molecule has 0 aliphatic carbocycles. The minimum atomic E-state index is -0.639.